The summed E-state index contributed by atoms with van der Waals surface area (Å²) in [7, 11) is 0. The van der Waals surface area contributed by atoms with E-state index in [2.05, 4.69) is 4.98 Å². The van der Waals surface area contributed by atoms with E-state index in [0.717, 1.165) is 5.56 Å². The van der Waals surface area contributed by atoms with Crippen molar-refractivity contribution in [1.29, 1.82) is 0 Å². The summed E-state index contributed by atoms with van der Waals surface area (Å²) in [4.78, 5) is 3.91. The molecule has 0 aliphatic heterocycles. The third-order valence-corrected chi connectivity index (χ3v) is 3.30. The van der Waals surface area contributed by atoms with Crippen molar-refractivity contribution < 1.29 is 9.50 Å². The van der Waals surface area contributed by atoms with Gasteiger partial charge in [-0.2, -0.15) is 0 Å². The number of rotatable bonds is 4. The molecule has 0 saturated carbocycles. The lowest BCUT2D eigenvalue weighted by Crippen LogP contribution is -2.29. The Labute approximate surface area is 111 Å². The van der Waals surface area contributed by atoms with E-state index < -0.39 is 11.4 Å². The van der Waals surface area contributed by atoms with Crippen molar-refractivity contribution in [1.82, 2.24) is 4.98 Å². The summed E-state index contributed by atoms with van der Waals surface area (Å²) in [5, 5.41) is 10.7. The van der Waals surface area contributed by atoms with E-state index >= 15 is 0 Å². The van der Waals surface area contributed by atoms with Crippen LogP contribution in [0, 0.1) is 5.82 Å². The normalized spacial score (nSPS) is 14.1. The van der Waals surface area contributed by atoms with Crippen LogP contribution < -0.4 is 5.73 Å². The van der Waals surface area contributed by atoms with E-state index in [1.165, 1.54) is 6.07 Å². The topological polar surface area (TPSA) is 59.1 Å². The molecule has 3 N–H and O–H groups in total. The van der Waals surface area contributed by atoms with Crippen LogP contribution in [-0.2, 0) is 12.0 Å². The third-order valence-electron chi connectivity index (χ3n) is 3.30. The Kier molecular flexibility index (Phi) is 3.81. The second-order valence-electron chi connectivity index (χ2n) is 4.63. The molecule has 1 aromatic heterocycles. The fraction of sp³-hybridized carbons (Fsp3) is 0.267. The number of hydrogen-bond donors (Lipinski definition) is 2. The summed E-state index contributed by atoms with van der Waals surface area (Å²) in [6.45, 7) is 1.83. The van der Waals surface area contributed by atoms with Crippen LogP contribution in [-0.4, -0.2) is 10.1 Å². The van der Waals surface area contributed by atoms with Gasteiger partial charge in [0.25, 0.3) is 0 Å². The first kappa shape index (κ1) is 13.5. The minimum absolute atomic E-state index is 0.303. The van der Waals surface area contributed by atoms with Gasteiger partial charge in [-0.3, -0.25) is 0 Å². The second kappa shape index (κ2) is 5.36. The van der Waals surface area contributed by atoms with Gasteiger partial charge < -0.3 is 10.8 Å². The fourth-order valence-electron chi connectivity index (χ4n) is 2.19. The molecule has 100 valence electrons. The smallest absolute Gasteiger partial charge is 0.129 e. The van der Waals surface area contributed by atoms with Gasteiger partial charge in [-0.25, -0.2) is 9.37 Å². The highest BCUT2D eigenvalue weighted by atomic mass is 19.1. The predicted molar refractivity (Wildman–Crippen MR) is 72.9 cm³/mol. The van der Waals surface area contributed by atoms with Crippen LogP contribution in [0.15, 0.2) is 42.6 Å². The minimum atomic E-state index is -1.24. The van der Waals surface area contributed by atoms with Crippen molar-refractivity contribution in [2.24, 2.45) is 0 Å². The number of aliphatic hydroxyl groups is 1. The van der Waals surface area contributed by atoms with Crippen molar-refractivity contribution in [3.63, 3.8) is 0 Å². The molecule has 1 heterocycles. The molecule has 1 atom stereocenters. The largest absolute Gasteiger partial charge is 0.385 e. The molecule has 0 bridgehead atoms. The first-order valence-corrected chi connectivity index (χ1v) is 6.23. The van der Waals surface area contributed by atoms with Crippen LogP contribution in [0.4, 0.5) is 10.2 Å². The summed E-state index contributed by atoms with van der Waals surface area (Å²) >= 11 is 0. The minimum Gasteiger partial charge on any atom is -0.385 e. The average molecular weight is 260 g/mol. The molecule has 0 radical (unpaired) electrons. The van der Waals surface area contributed by atoms with Crippen molar-refractivity contribution in [2.75, 3.05) is 5.73 Å². The Morgan fingerprint density at radius 1 is 1.32 bits per heavy atom. The summed E-state index contributed by atoms with van der Waals surface area (Å²) in [6, 6.07) is 9.78. The van der Waals surface area contributed by atoms with E-state index in [4.69, 9.17) is 5.73 Å². The molecule has 1 aromatic carbocycles. The Hall–Kier alpha value is -1.94. The van der Waals surface area contributed by atoms with Crippen LogP contribution in [0.2, 0.25) is 0 Å². The average Bonchev–Trinajstić information content (AvgIpc) is 2.39. The zero-order chi connectivity index (χ0) is 13.9. The van der Waals surface area contributed by atoms with Gasteiger partial charge in [0, 0.05) is 18.2 Å². The van der Waals surface area contributed by atoms with Crippen LogP contribution in [0.1, 0.15) is 24.5 Å². The zero-order valence-electron chi connectivity index (χ0n) is 10.8. The number of aromatic nitrogens is 1. The monoisotopic (exact) mass is 260 g/mol. The summed E-state index contributed by atoms with van der Waals surface area (Å²) in [5.41, 5.74) is 5.53. The number of benzene rings is 1. The Morgan fingerprint density at radius 3 is 2.68 bits per heavy atom. The first-order valence-electron chi connectivity index (χ1n) is 6.23. The van der Waals surface area contributed by atoms with Crippen molar-refractivity contribution >= 4 is 5.82 Å². The molecule has 19 heavy (non-hydrogen) atoms. The number of halogens is 1. The maximum absolute atomic E-state index is 13.9. The summed E-state index contributed by atoms with van der Waals surface area (Å²) in [6.07, 6.45) is 2.30. The molecular weight excluding hydrogens is 243 g/mol. The standard InChI is InChI=1S/C15H17FN2O/c1-2-15(19,12-5-3-4-6-13(12)16)10-11-7-8-18-14(17)9-11/h3-9,19H,2,10H2,1H3,(H2,17,18). The molecule has 0 amide bonds. The number of anilines is 1. The highest BCUT2D eigenvalue weighted by molar-refractivity contribution is 5.34. The van der Waals surface area contributed by atoms with E-state index in [1.54, 1.807) is 36.5 Å². The Morgan fingerprint density at radius 2 is 2.05 bits per heavy atom. The molecule has 2 rings (SSSR count). The molecule has 0 fully saturated rings. The maximum Gasteiger partial charge on any atom is 0.129 e. The van der Waals surface area contributed by atoms with E-state index in [9.17, 15) is 9.50 Å². The summed E-state index contributed by atoms with van der Waals surface area (Å²) < 4.78 is 13.9. The number of nitrogen functional groups attached to an aromatic ring is 1. The Balaban J connectivity index is 2.36. The van der Waals surface area contributed by atoms with Crippen LogP contribution in [0.25, 0.3) is 0 Å². The summed E-state index contributed by atoms with van der Waals surface area (Å²) in [5.74, 6) is -0.00151. The van der Waals surface area contributed by atoms with E-state index in [-0.39, 0.29) is 0 Å². The first-order chi connectivity index (χ1) is 9.05. The lowest BCUT2D eigenvalue weighted by Gasteiger charge is -2.28. The van der Waals surface area contributed by atoms with Gasteiger partial charge in [0.2, 0.25) is 0 Å². The number of hydrogen-bond acceptors (Lipinski definition) is 3. The quantitative estimate of drug-likeness (QED) is 0.888. The highest BCUT2D eigenvalue weighted by Crippen LogP contribution is 2.31. The van der Waals surface area contributed by atoms with Gasteiger partial charge in [-0.1, -0.05) is 25.1 Å². The molecule has 0 aliphatic rings. The van der Waals surface area contributed by atoms with Crippen molar-refractivity contribution in [2.45, 2.75) is 25.4 Å². The SMILES string of the molecule is CCC(O)(Cc1ccnc(N)c1)c1ccccc1F. The number of nitrogens with zero attached hydrogens (tertiary/aromatic N) is 1. The molecule has 3 nitrogen and oxygen atoms in total. The van der Waals surface area contributed by atoms with Crippen LogP contribution in [0.5, 0.6) is 0 Å². The zero-order valence-corrected chi connectivity index (χ0v) is 10.8. The van der Waals surface area contributed by atoms with E-state index in [0.29, 0.717) is 24.2 Å². The number of pyridine rings is 1. The predicted octanol–water partition coefficient (Wildman–Crippen LogP) is 2.64. The van der Waals surface area contributed by atoms with Gasteiger partial charge in [-0.15, -0.1) is 0 Å². The molecule has 1 unspecified atom stereocenters. The van der Waals surface area contributed by atoms with Gasteiger partial charge in [-0.05, 0) is 30.2 Å². The molecular formula is C15H17FN2O. The molecule has 4 heteroatoms. The fourth-order valence-corrected chi connectivity index (χ4v) is 2.19. The molecule has 0 spiro atoms. The second-order valence-corrected chi connectivity index (χ2v) is 4.63. The van der Waals surface area contributed by atoms with Gasteiger partial charge in [0.05, 0.1) is 5.60 Å². The van der Waals surface area contributed by atoms with Crippen LogP contribution >= 0.6 is 0 Å². The highest BCUT2D eigenvalue weighted by Gasteiger charge is 2.30. The van der Waals surface area contributed by atoms with Crippen LogP contribution in [0.3, 0.4) is 0 Å². The van der Waals surface area contributed by atoms with Crippen molar-refractivity contribution in [3.05, 3.63) is 59.5 Å². The molecule has 2 aromatic rings. The lowest BCUT2D eigenvalue weighted by atomic mass is 9.85. The molecule has 0 aliphatic carbocycles. The third kappa shape index (κ3) is 2.90. The lowest BCUT2D eigenvalue weighted by molar-refractivity contribution is 0.0292. The molecule has 0 saturated heterocycles. The Bertz CT molecular complexity index is 574. The van der Waals surface area contributed by atoms with Gasteiger partial charge in [0.1, 0.15) is 11.6 Å². The number of nitrogens with two attached hydrogens (primary N) is 1. The van der Waals surface area contributed by atoms with E-state index in [1.807, 2.05) is 6.92 Å². The van der Waals surface area contributed by atoms with Crippen molar-refractivity contribution in [3.8, 4) is 0 Å². The maximum atomic E-state index is 13.9. The van der Waals surface area contributed by atoms with Gasteiger partial charge >= 0.3 is 0 Å². The van der Waals surface area contributed by atoms with Gasteiger partial charge in [0.15, 0.2) is 0 Å².